The van der Waals surface area contributed by atoms with Gasteiger partial charge in [0.25, 0.3) is 0 Å². The lowest BCUT2D eigenvalue weighted by atomic mass is 9.92. The van der Waals surface area contributed by atoms with E-state index in [1.165, 1.54) is 0 Å². The number of rotatable bonds is 7. The quantitative estimate of drug-likeness (QED) is 0.300. The zero-order chi connectivity index (χ0) is 27.2. The molecule has 0 N–H and O–H groups in total. The van der Waals surface area contributed by atoms with Gasteiger partial charge < -0.3 is 19.1 Å². The Kier molecular flexibility index (Phi) is 9.21. The van der Waals surface area contributed by atoms with Gasteiger partial charge in [-0.2, -0.15) is 0 Å². The molecule has 0 atom stereocenters. The lowest BCUT2D eigenvalue weighted by molar-refractivity contribution is 0.00627. The molecule has 7 nitrogen and oxygen atoms in total. The number of likely N-dealkylation sites (tertiary alicyclic amines) is 1. The molecule has 0 bridgehead atoms. The van der Waals surface area contributed by atoms with Gasteiger partial charge in [-0.1, -0.05) is 18.2 Å². The molecule has 37 heavy (non-hydrogen) atoms. The van der Waals surface area contributed by atoms with Gasteiger partial charge in [0.2, 0.25) is 0 Å². The van der Waals surface area contributed by atoms with E-state index in [0.29, 0.717) is 18.2 Å². The molecule has 1 aromatic carbocycles. The molecule has 0 spiro atoms. The molecule has 202 valence electrons. The highest BCUT2D eigenvalue weighted by molar-refractivity contribution is 5.96. The Bertz CT molecular complexity index is 1080. The number of carbonyl (C=O) groups excluding carboxylic acids is 2. The van der Waals surface area contributed by atoms with E-state index in [-0.39, 0.29) is 6.09 Å². The molecule has 1 amide bonds. The lowest BCUT2D eigenvalue weighted by Crippen LogP contribution is -2.41. The highest BCUT2D eigenvalue weighted by Gasteiger charge is 2.27. The molecule has 1 fully saturated rings. The lowest BCUT2D eigenvalue weighted by Gasteiger charge is -2.33. The molecule has 1 aromatic heterocycles. The van der Waals surface area contributed by atoms with Crippen molar-refractivity contribution >= 4 is 12.1 Å². The molecule has 2 aromatic rings. The van der Waals surface area contributed by atoms with Gasteiger partial charge >= 0.3 is 12.1 Å². The molecular weight excluding hydrogens is 468 g/mol. The van der Waals surface area contributed by atoms with Gasteiger partial charge in [0.05, 0.1) is 6.61 Å². The van der Waals surface area contributed by atoms with Gasteiger partial charge in [-0.25, -0.2) is 14.6 Å². The summed E-state index contributed by atoms with van der Waals surface area (Å²) < 4.78 is 17.2. The fourth-order valence-corrected chi connectivity index (χ4v) is 4.46. The van der Waals surface area contributed by atoms with Crippen molar-refractivity contribution < 1.29 is 23.8 Å². The highest BCUT2D eigenvalue weighted by Crippen LogP contribution is 2.32. The summed E-state index contributed by atoms with van der Waals surface area (Å²) in [5.41, 5.74) is 1.84. The SMILES string of the molecule is Cc1c(OCCCC2CCN(C(=O)OC(C)(C)C)CC2)cccc1-c1cccnc1C(=O)OC(C)(C)C. The van der Waals surface area contributed by atoms with Crippen molar-refractivity contribution in [2.75, 3.05) is 19.7 Å². The molecule has 2 heterocycles. The van der Waals surface area contributed by atoms with Crippen LogP contribution in [0.15, 0.2) is 36.5 Å². The third kappa shape index (κ3) is 8.48. The van der Waals surface area contributed by atoms with E-state index in [2.05, 4.69) is 4.98 Å². The Hall–Kier alpha value is -3.09. The molecule has 0 unspecified atom stereocenters. The number of hydrogen-bond acceptors (Lipinski definition) is 6. The first-order valence-corrected chi connectivity index (χ1v) is 13.2. The number of ether oxygens (including phenoxy) is 3. The second kappa shape index (κ2) is 12.0. The monoisotopic (exact) mass is 510 g/mol. The minimum absolute atomic E-state index is 0.215. The Morgan fingerprint density at radius 1 is 0.946 bits per heavy atom. The summed E-state index contributed by atoms with van der Waals surface area (Å²) >= 11 is 0. The maximum Gasteiger partial charge on any atom is 0.410 e. The van der Waals surface area contributed by atoms with Crippen LogP contribution < -0.4 is 4.74 Å². The maximum absolute atomic E-state index is 12.8. The molecular formula is C30H42N2O5. The van der Waals surface area contributed by atoms with Crippen LogP contribution in [0.25, 0.3) is 11.1 Å². The molecule has 1 aliphatic heterocycles. The number of amides is 1. The number of pyridine rings is 1. The first-order chi connectivity index (χ1) is 17.3. The Balaban J connectivity index is 1.55. The number of hydrogen-bond donors (Lipinski definition) is 0. The van der Waals surface area contributed by atoms with Gasteiger partial charge in [-0.05, 0) is 103 Å². The van der Waals surface area contributed by atoms with E-state index in [0.717, 1.165) is 61.2 Å². The van der Waals surface area contributed by atoms with Gasteiger partial charge in [-0.15, -0.1) is 0 Å². The van der Waals surface area contributed by atoms with Crippen LogP contribution in [0.1, 0.15) is 83.3 Å². The van der Waals surface area contributed by atoms with E-state index in [1.54, 1.807) is 6.20 Å². The van der Waals surface area contributed by atoms with Crippen LogP contribution in [-0.4, -0.2) is 52.8 Å². The smallest absolute Gasteiger partial charge is 0.410 e. The van der Waals surface area contributed by atoms with Gasteiger partial charge in [0.15, 0.2) is 5.69 Å². The van der Waals surface area contributed by atoms with Crippen molar-refractivity contribution in [3.8, 4) is 16.9 Å². The van der Waals surface area contributed by atoms with Crippen LogP contribution in [0.2, 0.25) is 0 Å². The topological polar surface area (TPSA) is 78.0 Å². The molecule has 0 saturated carbocycles. The summed E-state index contributed by atoms with van der Waals surface area (Å²) in [6.45, 7) is 15.3. The Labute approximate surface area is 221 Å². The van der Waals surface area contributed by atoms with E-state index < -0.39 is 17.2 Å². The summed E-state index contributed by atoms with van der Waals surface area (Å²) in [6, 6.07) is 9.59. The molecule has 0 radical (unpaired) electrons. The Morgan fingerprint density at radius 2 is 1.59 bits per heavy atom. The van der Waals surface area contributed by atoms with Crippen molar-refractivity contribution in [3.63, 3.8) is 0 Å². The van der Waals surface area contributed by atoms with Gasteiger partial charge in [0.1, 0.15) is 17.0 Å². The maximum atomic E-state index is 12.8. The largest absolute Gasteiger partial charge is 0.493 e. The molecule has 0 aliphatic carbocycles. The van der Waals surface area contributed by atoms with Crippen molar-refractivity contribution in [2.45, 2.75) is 85.4 Å². The number of benzene rings is 1. The number of aromatic nitrogens is 1. The van der Waals surface area contributed by atoms with Crippen LogP contribution in [0, 0.1) is 12.8 Å². The minimum atomic E-state index is -0.599. The third-order valence-corrected chi connectivity index (χ3v) is 6.25. The van der Waals surface area contributed by atoms with Crippen LogP contribution in [0.4, 0.5) is 4.79 Å². The zero-order valence-corrected chi connectivity index (χ0v) is 23.4. The van der Waals surface area contributed by atoms with Crippen LogP contribution in [0.5, 0.6) is 5.75 Å². The highest BCUT2D eigenvalue weighted by atomic mass is 16.6. The summed E-state index contributed by atoms with van der Waals surface area (Å²) in [5, 5.41) is 0. The number of nitrogens with zero attached hydrogens (tertiary/aromatic N) is 2. The second-order valence-electron chi connectivity index (χ2n) is 11.7. The number of piperidine rings is 1. The fraction of sp³-hybridized carbons (Fsp3) is 0.567. The zero-order valence-electron chi connectivity index (χ0n) is 23.4. The normalized spacial score (nSPS) is 14.8. The first-order valence-electron chi connectivity index (χ1n) is 13.2. The van der Waals surface area contributed by atoms with Gasteiger partial charge in [-0.3, -0.25) is 0 Å². The molecule has 7 heteroatoms. The van der Waals surface area contributed by atoms with E-state index in [9.17, 15) is 9.59 Å². The second-order valence-corrected chi connectivity index (χ2v) is 11.7. The minimum Gasteiger partial charge on any atom is -0.493 e. The fourth-order valence-electron chi connectivity index (χ4n) is 4.46. The summed E-state index contributed by atoms with van der Waals surface area (Å²) in [5.74, 6) is 0.948. The third-order valence-electron chi connectivity index (χ3n) is 6.25. The van der Waals surface area contributed by atoms with Crippen LogP contribution in [-0.2, 0) is 9.47 Å². The van der Waals surface area contributed by atoms with Crippen LogP contribution in [0.3, 0.4) is 0 Å². The Morgan fingerprint density at radius 3 is 2.24 bits per heavy atom. The average Bonchev–Trinajstić information content (AvgIpc) is 2.81. The number of carbonyl (C=O) groups is 2. The van der Waals surface area contributed by atoms with Crippen molar-refractivity contribution in [3.05, 3.63) is 47.8 Å². The molecule has 1 saturated heterocycles. The van der Waals surface area contributed by atoms with Crippen LogP contribution >= 0.6 is 0 Å². The first kappa shape index (κ1) is 28.5. The number of esters is 1. The van der Waals surface area contributed by atoms with Crippen molar-refractivity contribution in [2.24, 2.45) is 5.92 Å². The van der Waals surface area contributed by atoms with Gasteiger partial charge in [0, 0.05) is 24.8 Å². The molecule has 3 rings (SSSR count). The average molecular weight is 511 g/mol. The van der Waals surface area contributed by atoms with Crippen molar-refractivity contribution in [1.82, 2.24) is 9.88 Å². The standard InChI is InChI=1S/C30H42N2O5/c1-21-23(24-13-9-17-31-26(24)27(33)36-29(2,3)4)12-8-14-25(21)35-20-10-11-22-15-18-32(19-16-22)28(34)37-30(5,6)7/h8-9,12-14,17,22H,10-11,15-16,18-20H2,1-7H3. The predicted octanol–water partition coefficient (Wildman–Crippen LogP) is 6.82. The van der Waals surface area contributed by atoms with E-state index in [4.69, 9.17) is 14.2 Å². The summed E-state index contributed by atoms with van der Waals surface area (Å²) in [4.78, 5) is 31.2. The summed E-state index contributed by atoms with van der Waals surface area (Å²) in [7, 11) is 0. The van der Waals surface area contributed by atoms with Crippen molar-refractivity contribution in [1.29, 1.82) is 0 Å². The predicted molar refractivity (Wildman–Crippen MR) is 145 cm³/mol. The molecule has 1 aliphatic rings. The van der Waals surface area contributed by atoms with E-state index in [1.807, 2.05) is 83.7 Å². The van der Waals surface area contributed by atoms with E-state index >= 15 is 0 Å². The summed E-state index contributed by atoms with van der Waals surface area (Å²) in [6.07, 6.45) is 5.37.